The number of carbonyl (C=O) groups is 2. The summed E-state index contributed by atoms with van der Waals surface area (Å²) in [7, 11) is 1.52. The number of carboxylic acids is 1. The molecule has 2 aromatic carbocycles. The number of methoxy groups -OCH3 is 1. The van der Waals surface area contributed by atoms with E-state index in [9.17, 15) is 14.4 Å². The molecule has 1 fully saturated rings. The molecule has 0 bridgehead atoms. The van der Waals surface area contributed by atoms with Crippen molar-refractivity contribution in [1.82, 2.24) is 24.8 Å². The largest absolute Gasteiger partial charge is 0.496 e. The molecule has 4 aromatic rings. The van der Waals surface area contributed by atoms with Gasteiger partial charge in [-0.25, -0.2) is 14.8 Å². The predicted octanol–water partition coefficient (Wildman–Crippen LogP) is 3.46. The SMILES string of the molecule is COc1ccc(C=C2SC(=S)N(CCc3ccc(C(=O)O)cc3)C2=O)cc1-c1nc2nc[nH]c2c(=O)[nH]1. The van der Waals surface area contributed by atoms with Crippen molar-refractivity contribution in [2.24, 2.45) is 0 Å². The Morgan fingerprint density at radius 3 is 2.73 bits per heavy atom. The summed E-state index contributed by atoms with van der Waals surface area (Å²) in [5.41, 5.74) is 2.55. The Balaban J connectivity index is 1.38. The first-order valence-electron chi connectivity index (χ1n) is 11.0. The van der Waals surface area contributed by atoms with E-state index in [1.165, 1.54) is 42.2 Å². The predicted molar refractivity (Wildman–Crippen MR) is 143 cm³/mol. The standard InChI is InChI=1S/C25H19N5O5S2/c1-35-17-7-4-14(10-16(17)20-28-21-19(22(31)29-20)26-12-27-21)11-18-23(32)30(25(36)37-18)9-8-13-2-5-15(6-3-13)24(33)34/h2-7,10-12H,8-9H2,1H3,(H,33,34)(H2,26,27,28,29,31). The van der Waals surface area contributed by atoms with Gasteiger partial charge in [0.15, 0.2) is 11.2 Å². The molecule has 1 amide bonds. The Hall–Kier alpha value is -4.29. The average Bonchev–Trinajstić information content (AvgIpc) is 3.47. The molecule has 10 nitrogen and oxygen atoms in total. The normalized spacial score (nSPS) is 14.6. The van der Waals surface area contributed by atoms with E-state index in [0.717, 1.165) is 5.56 Å². The van der Waals surface area contributed by atoms with Gasteiger partial charge in [-0.15, -0.1) is 0 Å². The van der Waals surface area contributed by atoms with E-state index in [0.29, 0.717) is 39.1 Å². The second-order valence-corrected chi connectivity index (χ2v) is 9.74. The number of benzene rings is 2. The van der Waals surface area contributed by atoms with Crippen molar-refractivity contribution in [2.45, 2.75) is 6.42 Å². The molecule has 0 aliphatic carbocycles. The molecule has 3 N–H and O–H groups in total. The maximum absolute atomic E-state index is 13.1. The number of aromatic amines is 2. The number of fused-ring (bicyclic) bond motifs is 1. The van der Waals surface area contributed by atoms with Crippen molar-refractivity contribution in [1.29, 1.82) is 0 Å². The summed E-state index contributed by atoms with van der Waals surface area (Å²) in [6.07, 6.45) is 3.66. The van der Waals surface area contributed by atoms with Gasteiger partial charge in [0.1, 0.15) is 15.9 Å². The number of amides is 1. The van der Waals surface area contributed by atoms with Crippen LogP contribution in [-0.4, -0.2) is 59.8 Å². The number of nitrogens with one attached hydrogen (secondary N) is 2. The van der Waals surface area contributed by atoms with Crippen LogP contribution in [0.25, 0.3) is 28.6 Å². The van der Waals surface area contributed by atoms with Crippen molar-refractivity contribution >= 4 is 57.4 Å². The van der Waals surface area contributed by atoms with Crippen molar-refractivity contribution in [3.05, 3.63) is 80.7 Å². The van der Waals surface area contributed by atoms with Gasteiger partial charge in [-0.05, 0) is 47.9 Å². The van der Waals surface area contributed by atoms with Crippen molar-refractivity contribution in [3.63, 3.8) is 0 Å². The summed E-state index contributed by atoms with van der Waals surface area (Å²) in [4.78, 5) is 52.5. The van der Waals surface area contributed by atoms with E-state index in [2.05, 4.69) is 19.9 Å². The summed E-state index contributed by atoms with van der Waals surface area (Å²) in [5.74, 6) is -0.409. The first kappa shape index (κ1) is 24.4. The minimum atomic E-state index is -0.987. The number of thioether (sulfide) groups is 1. The maximum Gasteiger partial charge on any atom is 0.335 e. The lowest BCUT2D eigenvalue weighted by Crippen LogP contribution is -2.30. The molecule has 1 saturated heterocycles. The van der Waals surface area contributed by atoms with E-state index in [1.54, 1.807) is 36.4 Å². The van der Waals surface area contributed by atoms with E-state index < -0.39 is 5.97 Å². The number of ether oxygens (including phenoxy) is 1. The number of hydrogen-bond acceptors (Lipinski definition) is 8. The van der Waals surface area contributed by atoms with E-state index >= 15 is 0 Å². The third-order valence-electron chi connectivity index (χ3n) is 5.77. The Bertz CT molecular complexity index is 1640. The number of thiocarbonyl (C=S) groups is 1. The van der Waals surface area contributed by atoms with Crippen molar-refractivity contribution in [3.8, 4) is 17.1 Å². The van der Waals surface area contributed by atoms with Gasteiger partial charge < -0.3 is 19.8 Å². The van der Waals surface area contributed by atoms with Gasteiger partial charge in [-0.2, -0.15) is 0 Å². The number of hydrogen-bond donors (Lipinski definition) is 3. The minimum absolute atomic E-state index is 0.208. The van der Waals surface area contributed by atoms with Crippen molar-refractivity contribution < 1.29 is 19.4 Å². The molecule has 12 heteroatoms. The molecule has 186 valence electrons. The number of aromatic carboxylic acids is 1. The zero-order valence-electron chi connectivity index (χ0n) is 19.3. The lowest BCUT2D eigenvalue weighted by molar-refractivity contribution is -0.122. The Kier molecular flexibility index (Phi) is 6.59. The second kappa shape index (κ2) is 9.99. The molecular formula is C25H19N5O5S2. The monoisotopic (exact) mass is 533 g/mol. The number of imidazole rings is 1. The lowest BCUT2D eigenvalue weighted by atomic mass is 10.1. The molecular weight excluding hydrogens is 514 g/mol. The Labute approximate surface area is 219 Å². The van der Waals surface area contributed by atoms with E-state index in [4.69, 9.17) is 22.1 Å². The van der Waals surface area contributed by atoms with Gasteiger partial charge in [0, 0.05) is 6.54 Å². The van der Waals surface area contributed by atoms with Gasteiger partial charge in [0.05, 0.1) is 29.5 Å². The Morgan fingerprint density at radius 1 is 1.22 bits per heavy atom. The molecule has 3 heterocycles. The van der Waals surface area contributed by atoms with Gasteiger partial charge in [0.2, 0.25) is 0 Å². The van der Waals surface area contributed by atoms with Crippen LogP contribution in [0.5, 0.6) is 5.75 Å². The minimum Gasteiger partial charge on any atom is -0.496 e. The Morgan fingerprint density at radius 2 is 2.00 bits per heavy atom. The lowest BCUT2D eigenvalue weighted by Gasteiger charge is -2.14. The van der Waals surface area contributed by atoms with Gasteiger partial charge in [-0.3, -0.25) is 14.5 Å². The molecule has 1 aliphatic rings. The molecule has 0 saturated carbocycles. The van der Waals surface area contributed by atoms with Crippen LogP contribution in [0.4, 0.5) is 0 Å². The van der Waals surface area contributed by atoms with Crippen LogP contribution in [0.1, 0.15) is 21.5 Å². The smallest absolute Gasteiger partial charge is 0.335 e. The molecule has 0 unspecified atom stereocenters. The molecule has 2 aromatic heterocycles. The number of aromatic nitrogens is 4. The summed E-state index contributed by atoms with van der Waals surface area (Å²) in [6.45, 7) is 0.372. The highest BCUT2D eigenvalue weighted by atomic mass is 32.2. The highest BCUT2D eigenvalue weighted by Crippen LogP contribution is 2.35. The quantitative estimate of drug-likeness (QED) is 0.240. The van der Waals surface area contributed by atoms with E-state index in [1.807, 2.05) is 0 Å². The average molecular weight is 534 g/mol. The van der Waals surface area contributed by atoms with Gasteiger partial charge in [0.25, 0.3) is 11.5 Å². The third kappa shape index (κ3) is 4.88. The zero-order chi connectivity index (χ0) is 26.1. The van der Waals surface area contributed by atoms with Crippen LogP contribution in [0, 0.1) is 0 Å². The number of rotatable bonds is 7. The van der Waals surface area contributed by atoms with Crippen LogP contribution in [0.15, 0.2) is 58.5 Å². The summed E-state index contributed by atoms with van der Waals surface area (Å²) in [6, 6.07) is 11.8. The van der Waals surface area contributed by atoms with E-state index in [-0.39, 0.29) is 34.0 Å². The fraction of sp³-hybridized carbons (Fsp3) is 0.120. The third-order valence-corrected chi connectivity index (χ3v) is 7.15. The molecule has 0 spiro atoms. The molecule has 0 atom stereocenters. The summed E-state index contributed by atoms with van der Waals surface area (Å²) >= 11 is 6.65. The highest BCUT2D eigenvalue weighted by Gasteiger charge is 2.31. The molecule has 5 rings (SSSR count). The summed E-state index contributed by atoms with van der Waals surface area (Å²) < 4.78 is 5.91. The number of carboxylic acid groups (broad SMARTS) is 1. The number of carbonyl (C=O) groups excluding carboxylic acids is 1. The van der Waals surface area contributed by atoms with Crippen molar-refractivity contribution in [2.75, 3.05) is 13.7 Å². The van der Waals surface area contributed by atoms with Gasteiger partial charge in [-0.1, -0.05) is 42.2 Å². The van der Waals surface area contributed by atoms with Crippen LogP contribution < -0.4 is 10.3 Å². The number of nitrogens with zero attached hydrogens (tertiary/aromatic N) is 3. The molecule has 1 aliphatic heterocycles. The fourth-order valence-corrected chi connectivity index (χ4v) is 5.18. The maximum atomic E-state index is 13.1. The molecule has 37 heavy (non-hydrogen) atoms. The first-order chi connectivity index (χ1) is 17.8. The first-order valence-corrected chi connectivity index (χ1v) is 12.3. The van der Waals surface area contributed by atoms with Crippen LogP contribution in [0.3, 0.4) is 0 Å². The number of H-pyrrole nitrogens is 2. The fourth-order valence-electron chi connectivity index (χ4n) is 3.87. The van der Waals surface area contributed by atoms with Crippen LogP contribution >= 0.6 is 24.0 Å². The van der Waals surface area contributed by atoms with Crippen LogP contribution in [0.2, 0.25) is 0 Å². The summed E-state index contributed by atoms with van der Waals surface area (Å²) in [5, 5.41) is 9.05. The molecule has 0 radical (unpaired) electrons. The topological polar surface area (TPSA) is 141 Å². The highest BCUT2D eigenvalue weighted by molar-refractivity contribution is 8.26. The zero-order valence-corrected chi connectivity index (χ0v) is 21.0. The van der Waals surface area contributed by atoms with Gasteiger partial charge >= 0.3 is 5.97 Å². The van der Waals surface area contributed by atoms with Crippen LogP contribution in [-0.2, 0) is 11.2 Å². The second-order valence-electron chi connectivity index (χ2n) is 8.06.